The minimum Gasteiger partial charge on any atom is -0.468 e. The topological polar surface area (TPSA) is 89.9 Å². The molecule has 4 aromatic rings. The van der Waals surface area contributed by atoms with Crippen LogP contribution < -0.4 is 14.4 Å². The van der Waals surface area contributed by atoms with Crippen molar-refractivity contribution >= 4 is 33.3 Å². The summed E-state index contributed by atoms with van der Waals surface area (Å²) in [5, 5.41) is 1.30. The number of carbonyl (C=O) groups excluding carboxylic acids is 1. The van der Waals surface area contributed by atoms with Gasteiger partial charge in [0.15, 0.2) is 12.6 Å². The van der Waals surface area contributed by atoms with Crippen LogP contribution in [0.1, 0.15) is 37.7 Å². The molecule has 0 spiro atoms. The summed E-state index contributed by atoms with van der Waals surface area (Å²) in [5.41, 5.74) is -0.218. The van der Waals surface area contributed by atoms with E-state index in [2.05, 4.69) is 37.8 Å². The van der Waals surface area contributed by atoms with Gasteiger partial charge in [0.1, 0.15) is 41.0 Å². The highest BCUT2D eigenvalue weighted by molar-refractivity contribution is 6.03. The van der Waals surface area contributed by atoms with Gasteiger partial charge in [-0.05, 0) is 55.8 Å². The van der Waals surface area contributed by atoms with Gasteiger partial charge in [0, 0.05) is 43.8 Å². The molecule has 3 aliphatic rings. The number of ketones is 1. The quantitative estimate of drug-likeness (QED) is 0.145. The fourth-order valence-electron chi connectivity index (χ4n) is 6.98. The summed E-state index contributed by atoms with van der Waals surface area (Å²) in [6.07, 6.45) is 15.4. The van der Waals surface area contributed by atoms with E-state index in [0.29, 0.717) is 53.8 Å². The number of anilines is 1. The zero-order chi connectivity index (χ0) is 31.8. The molecule has 2 aromatic carbocycles. The van der Waals surface area contributed by atoms with Crippen LogP contribution in [0.3, 0.4) is 0 Å². The average molecular weight is 626 g/mol. The minimum absolute atomic E-state index is 0.0111. The van der Waals surface area contributed by atoms with Crippen LogP contribution in [0.2, 0.25) is 0 Å². The van der Waals surface area contributed by atoms with Gasteiger partial charge in [-0.25, -0.2) is 8.78 Å². The Labute approximate surface area is 265 Å². The van der Waals surface area contributed by atoms with E-state index in [-0.39, 0.29) is 47.5 Å². The minimum atomic E-state index is -0.729. The molecular weight excluding hydrogens is 592 g/mol. The number of hydrogen-bond donors (Lipinski definition) is 0. The molecule has 0 aliphatic carbocycles. The fraction of sp³-hybridized carbons (Fsp3) is 0.371. The van der Waals surface area contributed by atoms with Crippen molar-refractivity contribution in [1.29, 1.82) is 0 Å². The van der Waals surface area contributed by atoms with Crippen molar-refractivity contribution in [3.63, 3.8) is 0 Å². The van der Waals surface area contributed by atoms with Crippen molar-refractivity contribution in [2.45, 2.75) is 37.6 Å². The van der Waals surface area contributed by atoms with Crippen LogP contribution in [0.5, 0.6) is 11.8 Å². The molecule has 1 atom stereocenters. The molecule has 46 heavy (non-hydrogen) atoms. The van der Waals surface area contributed by atoms with Crippen molar-refractivity contribution in [3.05, 3.63) is 59.8 Å². The Morgan fingerprint density at radius 3 is 2.70 bits per heavy atom. The maximum absolute atomic E-state index is 16.9. The summed E-state index contributed by atoms with van der Waals surface area (Å²) >= 11 is 0. The molecule has 0 amide bonds. The van der Waals surface area contributed by atoms with Crippen molar-refractivity contribution in [2.75, 3.05) is 51.6 Å². The fourth-order valence-corrected chi connectivity index (χ4v) is 6.98. The molecule has 5 heterocycles. The number of hydrogen-bond acceptors (Lipinski definition) is 9. The number of methoxy groups -OCH3 is 1. The van der Waals surface area contributed by atoms with Crippen molar-refractivity contribution in [1.82, 2.24) is 19.9 Å². The Morgan fingerprint density at radius 1 is 1.09 bits per heavy atom. The number of terminal acetylenes is 1. The zero-order valence-electron chi connectivity index (χ0n) is 25.5. The van der Waals surface area contributed by atoms with Gasteiger partial charge in [0.2, 0.25) is 0 Å². The van der Waals surface area contributed by atoms with Crippen LogP contribution in [0.25, 0.3) is 32.9 Å². The first-order chi connectivity index (χ1) is 22.4. The van der Waals surface area contributed by atoms with Gasteiger partial charge in [0.25, 0.3) is 0 Å². The number of benzene rings is 2. The Hall–Kier alpha value is -4.66. The van der Waals surface area contributed by atoms with Gasteiger partial charge >= 0.3 is 6.01 Å². The lowest BCUT2D eigenvalue weighted by atomic mass is 9.95. The lowest BCUT2D eigenvalue weighted by Gasteiger charge is -2.30. The summed E-state index contributed by atoms with van der Waals surface area (Å²) in [6, 6.07) is 6.12. The summed E-state index contributed by atoms with van der Waals surface area (Å²) in [5.74, 6) is 2.16. The van der Waals surface area contributed by atoms with E-state index >= 15 is 4.39 Å². The second-order valence-corrected chi connectivity index (χ2v) is 12.0. The van der Waals surface area contributed by atoms with Gasteiger partial charge in [-0.3, -0.25) is 14.7 Å². The predicted octanol–water partition coefficient (Wildman–Crippen LogP) is 5.43. The van der Waals surface area contributed by atoms with Crippen LogP contribution in [0.15, 0.2) is 42.6 Å². The molecule has 236 valence electrons. The number of Topliss-reactive ketones (excluding diaryl/α,β-unsaturated/α-hetero) is 1. The highest BCUT2D eigenvalue weighted by atomic mass is 19.1. The van der Waals surface area contributed by atoms with E-state index < -0.39 is 17.2 Å². The van der Waals surface area contributed by atoms with Gasteiger partial charge in [-0.1, -0.05) is 24.1 Å². The van der Waals surface area contributed by atoms with Crippen LogP contribution in [0.4, 0.5) is 14.6 Å². The molecular formula is C35H33F2N5O4. The predicted molar refractivity (Wildman–Crippen MR) is 170 cm³/mol. The third kappa shape index (κ3) is 5.31. The molecule has 0 bridgehead atoms. The van der Waals surface area contributed by atoms with Crippen molar-refractivity contribution in [3.8, 4) is 35.4 Å². The third-order valence-corrected chi connectivity index (χ3v) is 9.13. The second-order valence-electron chi connectivity index (χ2n) is 12.0. The monoisotopic (exact) mass is 625 g/mol. The SMILES string of the molecule is C#Cc1c(F)ccc2cc(OCOC)cc(-c3ncc4c(N5CCC=CCC5)nc(OC[C@@]56CCCN5CC(=O)C6)nc4c3F)c12. The maximum Gasteiger partial charge on any atom is 0.319 e. The number of halogens is 2. The number of aromatic nitrogens is 3. The zero-order valence-corrected chi connectivity index (χ0v) is 25.5. The third-order valence-electron chi connectivity index (χ3n) is 9.13. The van der Waals surface area contributed by atoms with E-state index in [4.69, 9.17) is 25.6 Å². The molecule has 2 fully saturated rings. The van der Waals surface area contributed by atoms with E-state index in [1.807, 2.05) is 0 Å². The Balaban J connectivity index is 1.38. The van der Waals surface area contributed by atoms with E-state index in [0.717, 1.165) is 32.2 Å². The molecule has 0 unspecified atom stereocenters. The molecule has 3 aliphatic heterocycles. The molecule has 0 N–H and O–H groups in total. The molecule has 0 radical (unpaired) electrons. The number of carbonyl (C=O) groups is 1. The normalized spacial score (nSPS) is 19.9. The van der Waals surface area contributed by atoms with Gasteiger partial charge in [-0.2, -0.15) is 9.97 Å². The first-order valence-electron chi connectivity index (χ1n) is 15.4. The summed E-state index contributed by atoms with van der Waals surface area (Å²) in [4.78, 5) is 30.5. The summed E-state index contributed by atoms with van der Waals surface area (Å²) in [7, 11) is 1.49. The smallest absolute Gasteiger partial charge is 0.319 e. The standard InChI is InChI=1S/C35H33F2N5O4/c1-3-25-28(36)10-9-22-15-24(46-21-44-2)16-26(29(22)25)31-30(37)32-27(18-38-31)33(41-12-6-4-5-7-13-41)40-34(39-32)45-20-35-11-8-14-42(35)19-23(43)17-35/h1,4-5,9-10,15-16,18H,6-8,11-14,17,19-21H2,2H3/t35-/m0/s1. The summed E-state index contributed by atoms with van der Waals surface area (Å²) in [6.45, 7) is 2.77. The van der Waals surface area contributed by atoms with E-state index in [1.165, 1.54) is 13.2 Å². The number of fused-ring (bicyclic) bond motifs is 3. The van der Waals surface area contributed by atoms with Gasteiger partial charge < -0.3 is 19.1 Å². The summed E-state index contributed by atoms with van der Waals surface area (Å²) < 4.78 is 48.9. The van der Waals surface area contributed by atoms with E-state index in [9.17, 15) is 9.18 Å². The maximum atomic E-state index is 16.9. The average Bonchev–Trinajstić information content (AvgIpc) is 3.44. The van der Waals surface area contributed by atoms with Gasteiger partial charge in [0.05, 0.1) is 23.0 Å². The molecule has 2 saturated heterocycles. The largest absolute Gasteiger partial charge is 0.468 e. The number of pyridine rings is 1. The lowest BCUT2D eigenvalue weighted by Crippen LogP contribution is -2.43. The molecule has 0 saturated carbocycles. The number of rotatable bonds is 8. The van der Waals surface area contributed by atoms with Gasteiger partial charge in [-0.15, -0.1) is 6.42 Å². The van der Waals surface area contributed by atoms with Crippen molar-refractivity contribution in [2.24, 2.45) is 0 Å². The molecule has 9 nitrogen and oxygen atoms in total. The number of nitrogens with zero attached hydrogens (tertiary/aromatic N) is 5. The Morgan fingerprint density at radius 2 is 1.91 bits per heavy atom. The van der Waals surface area contributed by atoms with E-state index in [1.54, 1.807) is 24.4 Å². The Bertz CT molecular complexity index is 1920. The van der Waals surface area contributed by atoms with Crippen LogP contribution in [0, 0.1) is 24.0 Å². The Kier molecular flexibility index (Phi) is 8.01. The molecule has 2 aromatic heterocycles. The number of ether oxygens (including phenoxy) is 3. The van der Waals surface area contributed by atoms with Crippen LogP contribution in [-0.2, 0) is 9.53 Å². The first kappa shape index (κ1) is 30.0. The second kappa shape index (κ2) is 12.3. The molecule has 11 heteroatoms. The molecule has 7 rings (SSSR count). The van der Waals surface area contributed by atoms with Crippen molar-refractivity contribution < 1.29 is 27.8 Å². The lowest BCUT2D eigenvalue weighted by molar-refractivity contribution is -0.117. The van der Waals surface area contributed by atoms with Crippen LogP contribution >= 0.6 is 0 Å². The highest BCUT2D eigenvalue weighted by Crippen LogP contribution is 2.40. The van der Waals surface area contributed by atoms with Crippen LogP contribution in [-0.4, -0.2) is 77.9 Å². The first-order valence-corrected chi connectivity index (χ1v) is 15.4. The highest BCUT2D eigenvalue weighted by Gasteiger charge is 2.48.